The van der Waals surface area contributed by atoms with Crippen LogP contribution < -0.4 is 4.72 Å². The number of hydrogen-bond donors (Lipinski definition) is 2. The summed E-state index contributed by atoms with van der Waals surface area (Å²) in [7, 11) is -2.43. The minimum atomic E-state index is -2.43. The molecule has 5 heteroatoms. The van der Waals surface area contributed by atoms with Gasteiger partial charge in [0.25, 0.3) is 0 Å². The maximum Gasteiger partial charge on any atom is 0.201 e. The molecule has 1 saturated heterocycles. The van der Waals surface area contributed by atoms with Gasteiger partial charge in [0.05, 0.1) is 0 Å². The van der Waals surface area contributed by atoms with E-state index in [1.807, 2.05) is 0 Å². The van der Waals surface area contributed by atoms with Crippen molar-refractivity contribution >= 4 is 10.9 Å². The molecule has 0 radical (unpaired) electrons. The lowest BCUT2D eigenvalue weighted by atomic mass is 10.1. The number of ether oxygens (including phenoxy) is 1. The average Bonchev–Trinajstić information content (AvgIpc) is 1.88. The zero-order valence-electron chi connectivity index (χ0n) is 5.58. The lowest BCUT2D eigenvalue weighted by molar-refractivity contribution is 0.0834. The molecular weight excluding hydrogens is 154 g/mol. The van der Waals surface area contributed by atoms with Crippen LogP contribution in [0.2, 0.25) is 0 Å². The van der Waals surface area contributed by atoms with Crippen LogP contribution in [0.4, 0.5) is 0 Å². The third-order valence-corrected chi connectivity index (χ3v) is 2.09. The highest BCUT2D eigenvalue weighted by molar-refractivity contribution is 7.70. The average molecular weight is 165 g/mol. The molecule has 0 bridgehead atoms. The van der Waals surface area contributed by atoms with E-state index in [4.69, 9.17) is 4.74 Å². The Balaban J connectivity index is 2.26. The van der Waals surface area contributed by atoms with Crippen LogP contribution >= 0.6 is 0 Å². The molecule has 1 aliphatic rings. The maximum absolute atomic E-state index is 10.2. The summed E-state index contributed by atoms with van der Waals surface area (Å²) in [5, 5.41) is 0. The monoisotopic (exact) mass is 165 g/mol. The van der Waals surface area contributed by atoms with Crippen LogP contribution in [0.1, 0.15) is 12.8 Å². The van der Waals surface area contributed by atoms with Crippen molar-refractivity contribution in [3.63, 3.8) is 0 Å². The van der Waals surface area contributed by atoms with Crippen molar-refractivity contribution in [2.24, 2.45) is 0 Å². The summed E-state index contributed by atoms with van der Waals surface area (Å²) in [6.45, 7) is 1.34. The van der Waals surface area contributed by atoms with E-state index in [9.17, 15) is 8.42 Å². The number of hydrogen-bond acceptors (Lipinski definition) is 3. The third kappa shape index (κ3) is 2.64. The lowest BCUT2D eigenvalue weighted by Gasteiger charge is -2.19. The molecule has 1 aliphatic heterocycles. The van der Waals surface area contributed by atoms with Gasteiger partial charge in [0.2, 0.25) is 10.9 Å². The Morgan fingerprint density at radius 2 is 1.90 bits per heavy atom. The fraction of sp³-hybridized carbons (Fsp3) is 1.00. The molecule has 1 N–H and O–H groups in total. The highest BCUT2D eigenvalue weighted by Gasteiger charge is 2.12. The van der Waals surface area contributed by atoms with Crippen molar-refractivity contribution in [2.45, 2.75) is 18.9 Å². The molecule has 4 nitrogen and oxygen atoms in total. The number of nitrogens with one attached hydrogen (secondary N) is 1. The fourth-order valence-electron chi connectivity index (χ4n) is 0.976. The van der Waals surface area contributed by atoms with Crippen LogP contribution in [0, 0.1) is 0 Å². The minimum absolute atomic E-state index is 0.106. The van der Waals surface area contributed by atoms with Gasteiger partial charge < -0.3 is 4.74 Å². The Bertz CT molecular complexity index is 154. The molecule has 0 aromatic rings. The summed E-state index contributed by atoms with van der Waals surface area (Å²) in [6, 6.07) is 0.106. The van der Waals surface area contributed by atoms with Gasteiger partial charge >= 0.3 is 0 Å². The van der Waals surface area contributed by atoms with Gasteiger partial charge in [0.1, 0.15) is 0 Å². The van der Waals surface area contributed by atoms with E-state index in [1.165, 1.54) is 0 Å². The molecule has 0 amide bonds. The molecule has 1 heterocycles. The molecule has 60 valence electrons. The van der Waals surface area contributed by atoms with Crippen LogP contribution in [-0.2, 0) is 15.6 Å². The predicted octanol–water partition coefficient (Wildman–Crippen LogP) is -0.719. The standard InChI is InChI=1S/C5H11NO3S/c7-10(8)6-5-1-3-9-4-2-5/h5,10H,1-4H2,(H,6,7,8). The highest BCUT2D eigenvalue weighted by atomic mass is 32.2. The molecule has 10 heavy (non-hydrogen) atoms. The molecule has 0 spiro atoms. The third-order valence-electron chi connectivity index (χ3n) is 1.51. The SMILES string of the molecule is O=[SH](=O)NC1CCOCC1. The molecule has 1 rings (SSSR count). The Hall–Kier alpha value is -0.130. The van der Waals surface area contributed by atoms with E-state index in [-0.39, 0.29) is 6.04 Å². The Kier molecular flexibility index (Phi) is 3.11. The van der Waals surface area contributed by atoms with E-state index < -0.39 is 10.9 Å². The fourth-order valence-corrected chi connectivity index (χ4v) is 1.53. The first-order chi connectivity index (χ1) is 4.79. The normalized spacial score (nSPS) is 21.7. The molecular formula is C5H11NO3S. The van der Waals surface area contributed by atoms with Gasteiger partial charge in [-0.25, -0.2) is 13.1 Å². The Morgan fingerprint density at radius 1 is 1.30 bits per heavy atom. The summed E-state index contributed by atoms with van der Waals surface area (Å²) in [5.41, 5.74) is 0. The quantitative estimate of drug-likeness (QED) is 0.531. The second-order valence-corrected chi connectivity index (χ2v) is 3.05. The molecule has 0 unspecified atom stereocenters. The Morgan fingerprint density at radius 3 is 2.40 bits per heavy atom. The topological polar surface area (TPSA) is 55.4 Å². The first-order valence-electron chi connectivity index (χ1n) is 3.27. The van der Waals surface area contributed by atoms with Crippen LogP contribution in [0.5, 0.6) is 0 Å². The van der Waals surface area contributed by atoms with Crippen molar-refractivity contribution in [3.05, 3.63) is 0 Å². The van der Waals surface area contributed by atoms with Gasteiger partial charge in [-0.1, -0.05) is 0 Å². The molecule has 0 atom stereocenters. The van der Waals surface area contributed by atoms with E-state index >= 15 is 0 Å². The zero-order valence-corrected chi connectivity index (χ0v) is 6.47. The highest BCUT2D eigenvalue weighted by Crippen LogP contribution is 2.05. The summed E-state index contributed by atoms with van der Waals surface area (Å²) in [4.78, 5) is 0. The molecule has 0 aromatic carbocycles. The minimum Gasteiger partial charge on any atom is -0.381 e. The van der Waals surface area contributed by atoms with Gasteiger partial charge in [-0.15, -0.1) is 0 Å². The molecule has 1 fully saturated rings. The number of thiol groups is 1. The van der Waals surface area contributed by atoms with Crippen LogP contribution in [0.25, 0.3) is 0 Å². The number of rotatable bonds is 2. The summed E-state index contributed by atoms with van der Waals surface area (Å²) in [6.07, 6.45) is 1.59. The molecule has 0 saturated carbocycles. The Labute approximate surface area is 61.6 Å². The first kappa shape index (κ1) is 7.97. The van der Waals surface area contributed by atoms with Crippen LogP contribution in [-0.4, -0.2) is 27.7 Å². The summed E-state index contributed by atoms with van der Waals surface area (Å²) in [5.74, 6) is 0. The van der Waals surface area contributed by atoms with E-state index in [1.54, 1.807) is 0 Å². The lowest BCUT2D eigenvalue weighted by Crippen LogP contribution is -2.33. The van der Waals surface area contributed by atoms with E-state index in [0.29, 0.717) is 13.2 Å². The van der Waals surface area contributed by atoms with Crippen molar-refractivity contribution < 1.29 is 13.2 Å². The van der Waals surface area contributed by atoms with Crippen molar-refractivity contribution in [3.8, 4) is 0 Å². The first-order valence-corrected chi connectivity index (χ1v) is 4.45. The van der Waals surface area contributed by atoms with Crippen LogP contribution in [0.15, 0.2) is 0 Å². The predicted molar refractivity (Wildman–Crippen MR) is 37.3 cm³/mol. The van der Waals surface area contributed by atoms with Gasteiger partial charge in [0, 0.05) is 19.3 Å². The van der Waals surface area contributed by atoms with Gasteiger partial charge in [-0.2, -0.15) is 0 Å². The van der Waals surface area contributed by atoms with Crippen molar-refractivity contribution in [1.82, 2.24) is 4.72 Å². The van der Waals surface area contributed by atoms with Crippen molar-refractivity contribution in [2.75, 3.05) is 13.2 Å². The van der Waals surface area contributed by atoms with Crippen LogP contribution in [0.3, 0.4) is 0 Å². The summed E-state index contributed by atoms with van der Waals surface area (Å²) >= 11 is 0. The molecule has 0 aliphatic carbocycles. The second-order valence-electron chi connectivity index (χ2n) is 2.27. The van der Waals surface area contributed by atoms with E-state index in [0.717, 1.165) is 12.8 Å². The second kappa shape index (κ2) is 3.90. The summed E-state index contributed by atoms with van der Waals surface area (Å²) < 4.78 is 27.8. The smallest absolute Gasteiger partial charge is 0.201 e. The van der Waals surface area contributed by atoms with Gasteiger partial charge in [-0.05, 0) is 12.8 Å². The molecule has 0 aromatic heterocycles. The largest absolute Gasteiger partial charge is 0.381 e. The van der Waals surface area contributed by atoms with E-state index in [2.05, 4.69) is 4.72 Å². The van der Waals surface area contributed by atoms with Gasteiger partial charge in [0.15, 0.2) is 0 Å². The zero-order chi connectivity index (χ0) is 7.40. The van der Waals surface area contributed by atoms with Gasteiger partial charge in [-0.3, -0.25) is 0 Å². The van der Waals surface area contributed by atoms with Crippen molar-refractivity contribution in [1.29, 1.82) is 0 Å². The maximum atomic E-state index is 10.2.